The van der Waals surface area contributed by atoms with Crippen LogP contribution in [-0.4, -0.2) is 31.6 Å². The molecule has 0 spiro atoms. The van der Waals surface area contributed by atoms with E-state index in [2.05, 4.69) is 4.74 Å². The Bertz CT molecular complexity index is 176. The van der Waals surface area contributed by atoms with Crippen LogP contribution in [0.15, 0.2) is 0 Å². The third-order valence-electron chi connectivity index (χ3n) is 1.55. The number of hydrogen-bond acceptors (Lipinski definition) is 4. The molecule has 0 amide bonds. The molecule has 0 aromatic heterocycles. The molecule has 0 fully saturated rings. The van der Waals surface area contributed by atoms with E-state index in [-0.39, 0.29) is 30.9 Å². The lowest BCUT2D eigenvalue weighted by molar-refractivity contribution is -0.148. The van der Waals surface area contributed by atoms with Crippen LogP contribution in [0.1, 0.15) is 26.7 Å². The first-order valence-electron chi connectivity index (χ1n) is 4.28. The number of ether oxygens (including phenoxy) is 2. The second-order valence-electron chi connectivity index (χ2n) is 2.82. The molecule has 13 heavy (non-hydrogen) atoms. The van der Waals surface area contributed by atoms with E-state index in [1.807, 2.05) is 6.92 Å². The molecule has 0 aromatic carbocycles. The van der Waals surface area contributed by atoms with Crippen LogP contribution < -0.4 is 0 Å². The van der Waals surface area contributed by atoms with E-state index >= 15 is 0 Å². The van der Waals surface area contributed by atoms with Crippen LogP contribution in [0.5, 0.6) is 0 Å². The number of methoxy groups -OCH3 is 1. The van der Waals surface area contributed by atoms with Crippen molar-refractivity contribution in [3.63, 3.8) is 0 Å². The summed E-state index contributed by atoms with van der Waals surface area (Å²) in [5.74, 6) is -0.396. The Morgan fingerprint density at radius 3 is 2.38 bits per heavy atom. The van der Waals surface area contributed by atoms with E-state index in [4.69, 9.17) is 4.74 Å². The van der Waals surface area contributed by atoms with Gasteiger partial charge in [0.1, 0.15) is 12.7 Å². The summed E-state index contributed by atoms with van der Waals surface area (Å²) in [5.41, 5.74) is 0. The van der Waals surface area contributed by atoms with E-state index in [1.165, 1.54) is 14.0 Å². The summed E-state index contributed by atoms with van der Waals surface area (Å²) in [6.45, 7) is 3.29. The van der Waals surface area contributed by atoms with Crippen LogP contribution in [0.4, 0.5) is 0 Å². The minimum atomic E-state index is -0.350. The molecule has 4 heteroatoms. The number of rotatable bonds is 6. The Kier molecular flexibility index (Phi) is 6.14. The lowest BCUT2D eigenvalue weighted by atomic mass is 10.1. The summed E-state index contributed by atoms with van der Waals surface area (Å²) in [6, 6.07) is 0. The lowest BCUT2D eigenvalue weighted by Crippen LogP contribution is -2.21. The van der Waals surface area contributed by atoms with Gasteiger partial charge in [-0.15, -0.1) is 0 Å². The zero-order valence-corrected chi connectivity index (χ0v) is 8.33. The van der Waals surface area contributed by atoms with Gasteiger partial charge in [0.25, 0.3) is 0 Å². The van der Waals surface area contributed by atoms with Gasteiger partial charge in [0.2, 0.25) is 0 Å². The molecular weight excluding hydrogens is 172 g/mol. The van der Waals surface area contributed by atoms with E-state index in [0.717, 1.165) is 0 Å². The van der Waals surface area contributed by atoms with Crippen molar-refractivity contribution in [1.82, 2.24) is 0 Å². The van der Waals surface area contributed by atoms with E-state index in [0.29, 0.717) is 6.42 Å². The van der Waals surface area contributed by atoms with Crippen molar-refractivity contribution in [2.24, 2.45) is 0 Å². The number of ketones is 1. The molecule has 0 saturated carbocycles. The van der Waals surface area contributed by atoms with Crippen molar-refractivity contribution in [2.75, 3.05) is 13.7 Å². The van der Waals surface area contributed by atoms with Gasteiger partial charge >= 0.3 is 5.97 Å². The molecule has 0 aliphatic heterocycles. The van der Waals surface area contributed by atoms with E-state index in [9.17, 15) is 9.59 Å². The minimum absolute atomic E-state index is 0.0457. The maximum atomic E-state index is 11.1. The Labute approximate surface area is 78.2 Å². The highest BCUT2D eigenvalue weighted by atomic mass is 16.5. The number of Topliss-reactive ketones (excluding diaryl/α,β-unsaturated/α-hetero) is 1. The predicted molar refractivity (Wildman–Crippen MR) is 47.3 cm³/mol. The molecule has 0 radical (unpaired) electrons. The SMILES string of the molecule is CCC(CC(=O)COC)OC(C)=O. The lowest BCUT2D eigenvalue weighted by Gasteiger charge is -2.13. The zero-order valence-electron chi connectivity index (χ0n) is 8.33. The van der Waals surface area contributed by atoms with Crippen LogP contribution in [0.25, 0.3) is 0 Å². The molecule has 4 nitrogen and oxygen atoms in total. The maximum absolute atomic E-state index is 11.1. The molecule has 1 atom stereocenters. The largest absolute Gasteiger partial charge is 0.462 e. The Morgan fingerprint density at radius 2 is 2.00 bits per heavy atom. The molecule has 76 valence electrons. The fourth-order valence-electron chi connectivity index (χ4n) is 0.978. The Balaban J connectivity index is 3.83. The monoisotopic (exact) mass is 188 g/mol. The second kappa shape index (κ2) is 6.60. The smallest absolute Gasteiger partial charge is 0.302 e. The summed E-state index contributed by atoms with van der Waals surface area (Å²) in [4.78, 5) is 21.7. The van der Waals surface area contributed by atoms with E-state index < -0.39 is 0 Å². The molecular formula is C9H16O4. The molecule has 0 aromatic rings. The molecule has 0 saturated heterocycles. The third-order valence-corrected chi connectivity index (χ3v) is 1.55. The van der Waals surface area contributed by atoms with Crippen LogP contribution in [0.3, 0.4) is 0 Å². The summed E-state index contributed by atoms with van der Waals surface area (Å²) < 4.78 is 9.57. The van der Waals surface area contributed by atoms with Gasteiger partial charge in [-0.2, -0.15) is 0 Å². The van der Waals surface area contributed by atoms with Gasteiger partial charge in [-0.05, 0) is 6.42 Å². The van der Waals surface area contributed by atoms with Crippen LogP contribution in [0.2, 0.25) is 0 Å². The van der Waals surface area contributed by atoms with Crippen molar-refractivity contribution >= 4 is 11.8 Å². The molecule has 0 N–H and O–H groups in total. The first kappa shape index (κ1) is 12.1. The van der Waals surface area contributed by atoms with Gasteiger partial charge < -0.3 is 9.47 Å². The van der Waals surface area contributed by atoms with Crippen molar-refractivity contribution < 1.29 is 19.1 Å². The van der Waals surface area contributed by atoms with Crippen LogP contribution in [0, 0.1) is 0 Å². The molecule has 0 heterocycles. The average Bonchev–Trinajstić information content (AvgIpc) is 2.02. The first-order chi connectivity index (χ1) is 6.10. The van der Waals surface area contributed by atoms with Crippen LogP contribution >= 0.6 is 0 Å². The Morgan fingerprint density at radius 1 is 1.38 bits per heavy atom. The topological polar surface area (TPSA) is 52.6 Å². The van der Waals surface area contributed by atoms with Gasteiger partial charge in [-0.25, -0.2) is 0 Å². The van der Waals surface area contributed by atoms with Gasteiger partial charge in [0.15, 0.2) is 5.78 Å². The zero-order chi connectivity index (χ0) is 10.3. The normalized spacial score (nSPS) is 12.2. The summed E-state index contributed by atoms with van der Waals surface area (Å²) in [7, 11) is 1.46. The minimum Gasteiger partial charge on any atom is -0.462 e. The summed E-state index contributed by atoms with van der Waals surface area (Å²) in [6.07, 6.45) is 0.582. The average molecular weight is 188 g/mol. The molecule has 0 aliphatic rings. The number of hydrogen-bond donors (Lipinski definition) is 0. The molecule has 0 bridgehead atoms. The molecule has 0 aliphatic carbocycles. The van der Waals surface area contributed by atoms with Crippen molar-refractivity contribution in [3.05, 3.63) is 0 Å². The van der Waals surface area contributed by atoms with Gasteiger partial charge in [-0.3, -0.25) is 9.59 Å². The highest BCUT2D eigenvalue weighted by Crippen LogP contribution is 2.04. The van der Waals surface area contributed by atoms with Crippen molar-refractivity contribution in [1.29, 1.82) is 0 Å². The third kappa shape index (κ3) is 6.28. The second-order valence-corrected chi connectivity index (χ2v) is 2.82. The predicted octanol–water partition coefficient (Wildman–Crippen LogP) is 0.934. The van der Waals surface area contributed by atoms with Gasteiger partial charge in [0.05, 0.1) is 0 Å². The van der Waals surface area contributed by atoms with Gasteiger partial charge in [0, 0.05) is 20.5 Å². The molecule has 0 rings (SSSR count). The highest BCUT2D eigenvalue weighted by molar-refractivity contribution is 5.80. The fraction of sp³-hybridized carbons (Fsp3) is 0.778. The van der Waals surface area contributed by atoms with E-state index in [1.54, 1.807) is 0 Å². The van der Waals surface area contributed by atoms with Crippen molar-refractivity contribution in [2.45, 2.75) is 32.8 Å². The number of carbonyl (C=O) groups excluding carboxylic acids is 2. The highest BCUT2D eigenvalue weighted by Gasteiger charge is 2.14. The summed E-state index contributed by atoms with van der Waals surface area (Å²) in [5, 5.41) is 0. The van der Waals surface area contributed by atoms with Gasteiger partial charge in [-0.1, -0.05) is 6.92 Å². The first-order valence-corrected chi connectivity index (χ1v) is 4.28. The molecule has 1 unspecified atom stereocenters. The number of carbonyl (C=O) groups is 2. The summed E-state index contributed by atoms with van der Waals surface area (Å²) >= 11 is 0. The quantitative estimate of drug-likeness (QED) is 0.582. The van der Waals surface area contributed by atoms with Crippen LogP contribution in [-0.2, 0) is 19.1 Å². The Hall–Kier alpha value is -0.900. The number of esters is 1. The maximum Gasteiger partial charge on any atom is 0.302 e. The standard InChI is InChI=1S/C9H16O4/c1-4-9(13-7(2)10)5-8(11)6-12-3/h9H,4-6H2,1-3H3. The van der Waals surface area contributed by atoms with Crippen molar-refractivity contribution in [3.8, 4) is 0 Å². The fourth-order valence-corrected chi connectivity index (χ4v) is 0.978.